The Balaban J connectivity index is 0.00000541. The van der Waals surface area contributed by atoms with E-state index in [1.807, 2.05) is 140 Å². The number of hydrogen-bond donors (Lipinski definition) is 3. The van der Waals surface area contributed by atoms with Crippen molar-refractivity contribution in [2.45, 2.75) is 62.2 Å². The second-order valence-electron chi connectivity index (χ2n) is 12.8. The van der Waals surface area contributed by atoms with Gasteiger partial charge in [-0.15, -0.1) is 12.4 Å². The molecule has 0 spiro atoms. The number of nitrogens with one attached hydrogen (secondary N) is 1. The topological polar surface area (TPSA) is 125 Å². The Labute approximate surface area is 315 Å². The molecule has 0 aromatic heterocycles. The zero-order chi connectivity index (χ0) is 36.3. The van der Waals surface area contributed by atoms with Gasteiger partial charge in [0, 0.05) is 0 Å². The molecule has 0 bridgehead atoms. The number of esters is 1. The van der Waals surface area contributed by atoms with Gasteiger partial charge in [0.1, 0.15) is 24.7 Å². The summed E-state index contributed by atoms with van der Waals surface area (Å²) >= 11 is 0. The number of ether oxygens (including phenoxy) is 2. The van der Waals surface area contributed by atoms with Crippen LogP contribution in [0.5, 0.6) is 0 Å². The average molecular weight is 735 g/mol. The van der Waals surface area contributed by atoms with E-state index in [1.54, 1.807) is 12.1 Å². The van der Waals surface area contributed by atoms with Gasteiger partial charge in [0.15, 0.2) is 6.10 Å². The number of morpholine rings is 1. The first-order valence-corrected chi connectivity index (χ1v) is 17.5. The molecule has 274 valence electrons. The molecule has 1 aliphatic rings. The first kappa shape index (κ1) is 38.7. The summed E-state index contributed by atoms with van der Waals surface area (Å²) in [4.78, 5) is 42.2. The van der Waals surface area contributed by atoms with Crippen molar-refractivity contribution < 1.29 is 34.1 Å². The highest BCUT2D eigenvalue weighted by molar-refractivity contribution is 5.85. The SMILES string of the molecule is Cl.O=C(O)C(CCCC1C(=O)OC(c2ccccc2)C(c2ccccc2)N1C(=O)OCc1ccccc1)NC(c1ccccc1)C(O)c1ccccc1. The summed E-state index contributed by atoms with van der Waals surface area (Å²) in [5, 5.41) is 25.0. The Morgan fingerprint density at radius 3 is 1.81 bits per heavy atom. The van der Waals surface area contributed by atoms with Crippen LogP contribution in [-0.4, -0.2) is 45.2 Å². The van der Waals surface area contributed by atoms with Crippen molar-refractivity contribution in [3.8, 4) is 0 Å². The maximum absolute atomic E-state index is 14.2. The molecule has 1 aliphatic heterocycles. The highest BCUT2D eigenvalue weighted by Crippen LogP contribution is 2.43. The van der Waals surface area contributed by atoms with Gasteiger partial charge >= 0.3 is 18.0 Å². The number of amides is 1. The van der Waals surface area contributed by atoms with Gasteiger partial charge in [0.05, 0.1) is 12.1 Å². The normalized spacial score (nSPS) is 18.5. The van der Waals surface area contributed by atoms with E-state index in [0.717, 1.165) is 22.3 Å². The molecule has 1 fully saturated rings. The number of benzene rings is 5. The number of nitrogens with zero attached hydrogens (tertiary/aromatic N) is 1. The number of hydrogen-bond acceptors (Lipinski definition) is 7. The van der Waals surface area contributed by atoms with Gasteiger partial charge in [0.25, 0.3) is 0 Å². The third-order valence-corrected chi connectivity index (χ3v) is 9.39. The van der Waals surface area contributed by atoms with Crippen molar-refractivity contribution in [3.05, 3.63) is 179 Å². The first-order chi connectivity index (χ1) is 25.4. The van der Waals surface area contributed by atoms with Gasteiger partial charge in [-0.3, -0.25) is 15.0 Å². The summed E-state index contributed by atoms with van der Waals surface area (Å²) in [6.45, 7) is 0.00504. The largest absolute Gasteiger partial charge is 0.480 e. The molecule has 1 amide bonds. The highest BCUT2D eigenvalue weighted by atomic mass is 35.5. The lowest BCUT2D eigenvalue weighted by Crippen LogP contribution is -2.54. The molecule has 3 N–H and O–H groups in total. The molecule has 53 heavy (non-hydrogen) atoms. The van der Waals surface area contributed by atoms with E-state index in [9.17, 15) is 24.6 Å². The van der Waals surface area contributed by atoms with Gasteiger partial charge in [-0.05, 0) is 47.1 Å². The maximum atomic E-state index is 14.2. The number of carboxylic acids is 1. The number of carbonyl (C=O) groups excluding carboxylic acids is 2. The predicted molar refractivity (Wildman–Crippen MR) is 203 cm³/mol. The third-order valence-electron chi connectivity index (χ3n) is 9.39. The van der Waals surface area contributed by atoms with Crippen LogP contribution in [0.25, 0.3) is 0 Å². The molecule has 0 saturated carbocycles. The molecule has 5 aromatic carbocycles. The summed E-state index contributed by atoms with van der Waals surface area (Å²) in [6, 6.07) is 42.7. The van der Waals surface area contributed by atoms with Crippen molar-refractivity contribution >= 4 is 30.4 Å². The summed E-state index contributed by atoms with van der Waals surface area (Å²) in [7, 11) is 0. The number of aliphatic carboxylic acids is 1. The van der Waals surface area contributed by atoms with Crippen LogP contribution in [0.4, 0.5) is 4.79 Å². The van der Waals surface area contributed by atoms with Crippen molar-refractivity contribution in [3.63, 3.8) is 0 Å². The molecule has 5 aromatic rings. The fraction of sp³-hybridized carbons (Fsp3) is 0.233. The Bertz CT molecular complexity index is 1890. The number of aliphatic hydroxyl groups excluding tert-OH is 1. The number of carbonyl (C=O) groups is 3. The smallest absolute Gasteiger partial charge is 0.411 e. The van der Waals surface area contributed by atoms with Gasteiger partial charge in [-0.2, -0.15) is 0 Å². The monoisotopic (exact) mass is 734 g/mol. The van der Waals surface area contributed by atoms with Crippen LogP contribution in [0.1, 0.15) is 71.4 Å². The lowest BCUT2D eigenvalue weighted by Gasteiger charge is -2.44. The van der Waals surface area contributed by atoms with Gasteiger partial charge in [0.2, 0.25) is 0 Å². The Morgan fingerprint density at radius 2 is 1.25 bits per heavy atom. The second-order valence-corrected chi connectivity index (χ2v) is 12.8. The van der Waals surface area contributed by atoms with Crippen molar-refractivity contribution in [1.29, 1.82) is 0 Å². The van der Waals surface area contributed by atoms with E-state index >= 15 is 0 Å². The van der Waals surface area contributed by atoms with Crippen LogP contribution in [-0.2, 0) is 25.7 Å². The number of rotatable bonds is 14. The third kappa shape index (κ3) is 9.70. The average Bonchev–Trinajstić information content (AvgIpc) is 3.19. The minimum Gasteiger partial charge on any atom is -0.480 e. The molecular weight excluding hydrogens is 692 g/mol. The molecule has 0 radical (unpaired) electrons. The number of halogens is 1. The number of carboxylic acid groups (broad SMARTS) is 1. The van der Waals surface area contributed by atoms with Crippen molar-refractivity contribution in [1.82, 2.24) is 10.2 Å². The van der Waals surface area contributed by atoms with E-state index in [4.69, 9.17) is 9.47 Å². The van der Waals surface area contributed by atoms with E-state index in [-0.39, 0.29) is 38.3 Å². The van der Waals surface area contributed by atoms with E-state index < -0.39 is 54.4 Å². The lowest BCUT2D eigenvalue weighted by atomic mass is 9.90. The first-order valence-electron chi connectivity index (χ1n) is 17.5. The zero-order valence-electron chi connectivity index (χ0n) is 29.0. The Hall–Kier alpha value is -5.48. The fourth-order valence-corrected chi connectivity index (χ4v) is 6.77. The summed E-state index contributed by atoms with van der Waals surface area (Å²) in [5.41, 5.74) is 3.65. The van der Waals surface area contributed by atoms with Crippen LogP contribution < -0.4 is 5.32 Å². The number of aliphatic hydroxyl groups is 1. The highest BCUT2D eigenvalue weighted by Gasteiger charge is 2.48. The van der Waals surface area contributed by atoms with Crippen LogP contribution in [0, 0.1) is 0 Å². The summed E-state index contributed by atoms with van der Waals surface area (Å²) in [6.07, 6.45) is -2.05. The maximum Gasteiger partial charge on any atom is 0.411 e. The van der Waals surface area contributed by atoms with Crippen LogP contribution in [0.2, 0.25) is 0 Å². The van der Waals surface area contributed by atoms with Gasteiger partial charge in [-0.1, -0.05) is 152 Å². The molecule has 0 aliphatic carbocycles. The summed E-state index contributed by atoms with van der Waals surface area (Å²) < 4.78 is 12.0. The second kappa shape index (κ2) is 18.8. The standard InChI is InChI=1S/C43H42N2O7.ClH/c46-39(33-23-12-4-13-24-33)37(31-19-8-2-9-20-31)44-35(41(47)48)27-16-28-36-42(49)52-40(34-25-14-5-15-26-34)38(32-21-10-3-11-22-32)45(36)43(50)51-29-30-17-6-1-7-18-30;/h1-15,17-26,35-40,44,46H,16,27-29H2,(H,47,48);1H. The molecule has 10 heteroatoms. The Kier molecular flexibility index (Phi) is 13.8. The quantitative estimate of drug-likeness (QED) is 0.0977. The molecule has 6 rings (SSSR count). The molecular formula is C43H43ClN2O7. The van der Waals surface area contributed by atoms with E-state index in [2.05, 4.69) is 5.32 Å². The molecule has 1 saturated heterocycles. The predicted octanol–water partition coefficient (Wildman–Crippen LogP) is 8.14. The van der Waals surface area contributed by atoms with E-state index in [1.165, 1.54) is 4.90 Å². The van der Waals surface area contributed by atoms with Crippen LogP contribution in [0.15, 0.2) is 152 Å². The van der Waals surface area contributed by atoms with Crippen LogP contribution in [0.3, 0.4) is 0 Å². The minimum atomic E-state index is -1.10. The van der Waals surface area contributed by atoms with E-state index in [0.29, 0.717) is 5.56 Å². The van der Waals surface area contributed by atoms with Crippen LogP contribution >= 0.6 is 12.4 Å². The van der Waals surface area contributed by atoms with Crippen molar-refractivity contribution in [2.24, 2.45) is 0 Å². The lowest BCUT2D eigenvalue weighted by molar-refractivity contribution is -0.173. The minimum absolute atomic E-state index is 0. The molecule has 6 atom stereocenters. The Morgan fingerprint density at radius 1 is 0.736 bits per heavy atom. The van der Waals surface area contributed by atoms with Gasteiger partial charge in [-0.25, -0.2) is 9.59 Å². The zero-order valence-corrected chi connectivity index (χ0v) is 29.8. The summed E-state index contributed by atoms with van der Waals surface area (Å²) in [5.74, 6) is -1.70. The van der Waals surface area contributed by atoms with Gasteiger partial charge < -0.3 is 19.7 Å². The molecule has 6 unspecified atom stereocenters. The number of cyclic esters (lactones) is 1. The molecule has 1 heterocycles. The fourth-order valence-electron chi connectivity index (χ4n) is 6.77. The molecule has 9 nitrogen and oxygen atoms in total. The van der Waals surface area contributed by atoms with Crippen molar-refractivity contribution in [2.75, 3.05) is 0 Å².